The van der Waals surface area contributed by atoms with Crippen LogP contribution in [0.25, 0.3) is 0 Å². The smallest absolute Gasteiger partial charge is 0.303 e. The van der Waals surface area contributed by atoms with E-state index in [1.54, 1.807) is 18.2 Å². The molecule has 2 atom stereocenters. The van der Waals surface area contributed by atoms with E-state index >= 15 is 0 Å². The van der Waals surface area contributed by atoms with Crippen molar-refractivity contribution in [3.05, 3.63) is 29.8 Å². The van der Waals surface area contributed by atoms with Crippen molar-refractivity contribution >= 4 is 5.97 Å². The number of aliphatic carboxylic acids is 1. The Morgan fingerprint density at radius 1 is 1.53 bits per heavy atom. The van der Waals surface area contributed by atoms with Crippen molar-refractivity contribution in [2.45, 2.75) is 18.3 Å². The standard InChI is InChI=1S/C12H12F2O3/c1-17-8-4-2-3-7(5-8)11-9(6-10(15)16)12(11,13)14/h2-5,9,11H,6H2,1H3,(H,15,16)/t9-,11-/m0/s1. The molecule has 1 aromatic rings. The predicted octanol–water partition coefficient (Wildman–Crippen LogP) is 2.52. The van der Waals surface area contributed by atoms with Crippen LogP contribution < -0.4 is 4.74 Å². The lowest BCUT2D eigenvalue weighted by molar-refractivity contribution is -0.138. The second-order valence-corrected chi connectivity index (χ2v) is 4.13. The Kier molecular flexibility index (Phi) is 2.77. The molecule has 0 bridgehead atoms. The fraction of sp³-hybridized carbons (Fsp3) is 0.417. The summed E-state index contributed by atoms with van der Waals surface area (Å²) >= 11 is 0. The van der Waals surface area contributed by atoms with Gasteiger partial charge in [0, 0.05) is 5.92 Å². The molecular weight excluding hydrogens is 230 g/mol. The largest absolute Gasteiger partial charge is 0.497 e. The van der Waals surface area contributed by atoms with Gasteiger partial charge in [0.25, 0.3) is 5.92 Å². The molecule has 17 heavy (non-hydrogen) atoms. The van der Waals surface area contributed by atoms with Gasteiger partial charge in [-0.2, -0.15) is 0 Å². The van der Waals surface area contributed by atoms with Crippen LogP contribution in [0.4, 0.5) is 8.78 Å². The average Bonchev–Trinajstić information content (AvgIpc) is 2.79. The fourth-order valence-corrected chi connectivity index (χ4v) is 2.12. The van der Waals surface area contributed by atoms with Crippen LogP contribution in [0.3, 0.4) is 0 Å². The zero-order chi connectivity index (χ0) is 12.6. The number of hydrogen-bond donors (Lipinski definition) is 1. The van der Waals surface area contributed by atoms with Crippen molar-refractivity contribution < 1.29 is 23.4 Å². The van der Waals surface area contributed by atoms with Crippen LogP contribution in [-0.2, 0) is 4.79 Å². The Morgan fingerprint density at radius 3 is 2.82 bits per heavy atom. The molecule has 1 aromatic carbocycles. The van der Waals surface area contributed by atoms with Gasteiger partial charge in [0.15, 0.2) is 0 Å². The van der Waals surface area contributed by atoms with Gasteiger partial charge in [-0.15, -0.1) is 0 Å². The highest BCUT2D eigenvalue weighted by molar-refractivity contribution is 5.68. The SMILES string of the molecule is COc1cccc([C@H]2[C@H](CC(=O)O)C2(F)F)c1. The number of hydrogen-bond acceptors (Lipinski definition) is 2. The number of ether oxygens (including phenoxy) is 1. The average molecular weight is 242 g/mol. The molecule has 0 spiro atoms. The van der Waals surface area contributed by atoms with Crippen molar-refractivity contribution in [3.8, 4) is 5.75 Å². The van der Waals surface area contributed by atoms with Crippen LogP contribution in [0.15, 0.2) is 24.3 Å². The third kappa shape index (κ3) is 2.09. The Morgan fingerprint density at radius 2 is 2.24 bits per heavy atom. The van der Waals surface area contributed by atoms with E-state index in [-0.39, 0.29) is 0 Å². The number of benzene rings is 1. The molecule has 1 aliphatic carbocycles. The van der Waals surface area contributed by atoms with E-state index in [0.29, 0.717) is 11.3 Å². The molecule has 5 heteroatoms. The lowest BCUT2D eigenvalue weighted by Crippen LogP contribution is -2.01. The number of carbonyl (C=O) groups is 1. The Balaban J connectivity index is 2.20. The Hall–Kier alpha value is -1.65. The van der Waals surface area contributed by atoms with Crippen molar-refractivity contribution in [1.82, 2.24) is 0 Å². The van der Waals surface area contributed by atoms with Crippen LogP contribution in [0.1, 0.15) is 17.9 Å². The van der Waals surface area contributed by atoms with Crippen molar-refractivity contribution in [1.29, 1.82) is 0 Å². The van der Waals surface area contributed by atoms with Gasteiger partial charge in [0.1, 0.15) is 5.75 Å². The number of alkyl halides is 2. The first-order valence-corrected chi connectivity index (χ1v) is 5.20. The van der Waals surface area contributed by atoms with E-state index in [1.165, 1.54) is 13.2 Å². The molecule has 0 saturated heterocycles. The van der Waals surface area contributed by atoms with E-state index in [2.05, 4.69) is 0 Å². The second kappa shape index (κ2) is 3.98. The molecule has 2 rings (SSSR count). The monoisotopic (exact) mass is 242 g/mol. The minimum absolute atomic E-state index is 0.431. The van der Waals surface area contributed by atoms with Crippen molar-refractivity contribution in [2.75, 3.05) is 7.11 Å². The first-order valence-electron chi connectivity index (χ1n) is 5.20. The summed E-state index contributed by atoms with van der Waals surface area (Å²) in [5, 5.41) is 8.56. The third-order valence-electron chi connectivity index (χ3n) is 3.05. The third-order valence-corrected chi connectivity index (χ3v) is 3.05. The molecule has 0 aromatic heterocycles. The van der Waals surface area contributed by atoms with Crippen LogP contribution in [-0.4, -0.2) is 24.1 Å². The summed E-state index contributed by atoms with van der Waals surface area (Å²) in [5.74, 6) is -5.73. The van der Waals surface area contributed by atoms with E-state index in [1.807, 2.05) is 0 Å². The predicted molar refractivity (Wildman–Crippen MR) is 56.4 cm³/mol. The highest BCUT2D eigenvalue weighted by atomic mass is 19.3. The van der Waals surface area contributed by atoms with Gasteiger partial charge in [0.2, 0.25) is 0 Å². The number of halogens is 2. The minimum Gasteiger partial charge on any atom is -0.497 e. The topological polar surface area (TPSA) is 46.5 Å². The maximum absolute atomic E-state index is 13.4. The van der Waals surface area contributed by atoms with Gasteiger partial charge in [-0.25, -0.2) is 8.78 Å². The number of rotatable bonds is 4. The molecule has 0 amide bonds. The number of carboxylic acids is 1. The summed E-state index contributed by atoms with van der Waals surface area (Å²) in [4.78, 5) is 10.5. The lowest BCUT2D eigenvalue weighted by Gasteiger charge is -2.02. The summed E-state index contributed by atoms with van der Waals surface area (Å²) in [6.07, 6.45) is -0.505. The van der Waals surface area contributed by atoms with Crippen molar-refractivity contribution in [2.24, 2.45) is 5.92 Å². The van der Waals surface area contributed by atoms with Crippen LogP contribution in [0.5, 0.6) is 5.75 Å². The summed E-state index contributed by atoms with van der Waals surface area (Å²) in [6.45, 7) is 0. The second-order valence-electron chi connectivity index (χ2n) is 4.13. The van der Waals surface area contributed by atoms with Crippen LogP contribution in [0, 0.1) is 5.92 Å². The van der Waals surface area contributed by atoms with Gasteiger partial charge < -0.3 is 9.84 Å². The highest BCUT2D eigenvalue weighted by Crippen LogP contribution is 2.63. The van der Waals surface area contributed by atoms with E-state index in [0.717, 1.165) is 0 Å². The number of carboxylic acid groups (broad SMARTS) is 1. The molecule has 92 valence electrons. The van der Waals surface area contributed by atoms with E-state index < -0.39 is 30.1 Å². The maximum atomic E-state index is 13.4. The lowest BCUT2D eigenvalue weighted by atomic mass is 10.1. The molecule has 0 aliphatic heterocycles. The zero-order valence-electron chi connectivity index (χ0n) is 9.19. The number of methoxy groups -OCH3 is 1. The molecule has 1 N–H and O–H groups in total. The summed E-state index contributed by atoms with van der Waals surface area (Å²) in [7, 11) is 1.46. The summed E-state index contributed by atoms with van der Waals surface area (Å²) in [6, 6.07) is 6.39. The minimum atomic E-state index is -2.93. The van der Waals surface area contributed by atoms with Crippen LogP contribution >= 0.6 is 0 Å². The Labute approximate surface area is 97.0 Å². The van der Waals surface area contributed by atoms with Gasteiger partial charge in [-0.3, -0.25) is 4.79 Å². The summed E-state index contributed by atoms with van der Waals surface area (Å²) in [5.41, 5.74) is 0.431. The molecular formula is C12H12F2O3. The first kappa shape index (κ1) is 11.8. The van der Waals surface area contributed by atoms with Gasteiger partial charge in [0.05, 0.1) is 19.4 Å². The van der Waals surface area contributed by atoms with E-state index in [9.17, 15) is 13.6 Å². The van der Waals surface area contributed by atoms with Crippen LogP contribution in [0.2, 0.25) is 0 Å². The highest BCUT2D eigenvalue weighted by Gasteiger charge is 2.68. The molecule has 0 heterocycles. The van der Waals surface area contributed by atoms with Gasteiger partial charge in [-0.1, -0.05) is 12.1 Å². The normalized spacial score (nSPS) is 25.4. The van der Waals surface area contributed by atoms with Crippen molar-refractivity contribution in [3.63, 3.8) is 0 Å². The Bertz CT molecular complexity index is 445. The maximum Gasteiger partial charge on any atom is 0.303 e. The van der Waals surface area contributed by atoms with Gasteiger partial charge >= 0.3 is 5.97 Å². The molecule has 1 aliphatic rings. The fourth-order valence-electron chi connectivity index (χ4n) is 2.12. The summed E-state index contributed by atoms with van der Waals surface area (Å²) < 4.78 is 31.8. The van der Waals surface area contributed by atoms with Gasteiger partial charge in [-0.05, 0) is 17.7 Å². The molecule has 1 fully saturated rings. The quantitative estimate of drug-likeness (QED) is 0.882. The zero-order valence-corrected chi connectivity index (χ0v) is 9.19. The molecule has 0 unspecified atom stereocenters. The first-order chi connectivity index (χ1) is 7.96. The molecule has 3 nitrogen and oxygen atoms in total. The molecule has 1 saturated carbocycles. The molecule has 0 radical (unpaired) electrons. The van der Waals surface area contributed by atoms with E-state index in [4.69, 9.17) is 9.84 Å².